The maximum atomic E-state index is 11.3. The number of hydrogen-bond donors (Lipinski definition) is 3. The standard InChI is InChI=1S/C12H16N2O3/c1-9-3-2-4-10(7-9)8-14-12(17)11(16)13-5-6-15/h2-4,7,15H,5-6,8H2,1H3,(H,13,16)(H,14,17). The first kappa shape index (κ1) is 13.2. The maximum Gasteiger partial charge on any atom is 0.309 e. The Morgan fingerprint density at radius 1 is 1.24 bits per heavy atom. The van der Waals surface area contributed by atoms with Crippen molar-refractivity contribution in [2.45, 2.75) is 13.5 Å². The third-order valence-corrected chi connectivity index (χ3v) is 2.14. The van der Waals surface area contributed by atoms with Crippen molar-refractivity contribution in [2.75, 3.05) is 13.2 Å². The largest absolute Gasteiger partial charge is 0.395 e. The van der Waals surface area contributed by atoms with E-state index in [0.717, 1.165) is 11.1 Å². The minimum atomic E-state index is -0.730. The van der Waals surface area contributed by atoms with E-state index in [-0.39, 0.29) is 13.2 Å². The highest BCUT2D eigenvalue weighted by Gasteiger charge is 2.11. The Bertz CT molecular complexity index is 404. The molecule has 1 aromatic rings. The van der Waals surface area contributed by atoms with E-state index in [9.17, 15) is 9.59 Å². The molecule has 1 rings (SSSR count). The topological polar surface area (TPSA) is 78.4 Å². The summed E-state index contributed by atoms with van der Waals surface area (Å²) in [5.74, 6) is -1.42. The Morgan fingerprint density at radius 2 is 1.94 bits per heavy atom. The fourth-order valence-corrected chi connectivity index (χ4v) is 1.33. The van der Waals surface area contributed by atoms with Crippen molar-refractivity contribution >= 4 is 11.8 Å². The van der Waals surface area contributed by atoms with Gasteiger partial charge in [0.2, 0.25) is 0 Å². The molecule has 2 amide bonds. The van der Waals surface area contributed by atoms with E-state index < -0.39 is 11.8 Å². The summed E-state index contributed by atoms with van der Waals surface area (Å²) in [6, 6.07) is 7.66. The zero-order chi connectivity index (χ0) is 12.7. The van der Waals surface area contributed by atoms with Gasteiger partial charge in [0.15, 0.2) is 0 Å². The molecule has 0 bridgehead atoms. The molecule has 5 heteroatoms. The number of carbonyl (C=O) groups excluding carboxylic acids is 2. The Kier molecular flexibility index (Phi) is 5.16. The van der Waals surface area contributed by atoms with Crippen LogP contribution in [-0.4, -0.2) is 30.1 Å². The summed E-state index contributed by atoms with van der Waals surface area (Å²) < 4.78 is 0. The van der Waals surface area contributed by atoms with Crippen molar-refractivity contribution in [2.24, 2.45) is 0 Å². The Balaban J connectivity index is 2.40. The average molecular weight is 236 g/mol. The first-order valence-corrected chi connectivity index (χ1v) is 5.36. The molecule has 0 unspecified atom stereocenters. The Labute approximate surface area is 99.8 Å². The highest BCUT2D eigenvalue weighted by Crippen LogP contribution is 2.02. The molecule has 0 atom stereocenters. The zero-order valence-corrected chi connectivity index (χ0v) is 9.69. The number of amides is 2. The molecule has 0 saturated carbocycles. The monoisotopic (exact) mass is 236 g/mol. The molecule has 0 heterocycles. The van der Waals surface area contributed by atoms with E-state index in [0.29, 0.717) is 6.54 Å². The molecule has 0 aliphatic carbocycles. The van der Waals surface area contributed by atoms with E-state index in [2.05, 4.69) is 10.6 Å². The quantitative estimate of drug-likeness (QED) is 0.629. The molecule has 0 aliphatic rings. The minimum absolute atomic E-state index is 0.0801. The SMILES string of the molecule is Cc1cccc(CNC(=O)C(=O)NCCO)c1. The molecular weight excluding hydrogens is 220 g/mol. The lowest BCUT2D eigenvalue weighted by Crippen LogP contribution is -2.40. The number of aliphatic hydroxyl groups excluding tert-OH is 1. The lowest BCUT2D eigenvalue weighted by Gasteiger charge is -2.06. The molecule has 3 N–H and O–H groups in total. The minimum Gasteiger partial charge on any atom is -0.395 e. The summed E-state index contributed by atoms with van der Waals surface area (Å²) in [6.07, 6.45) is 0. The molecule has 0 fully saturated rings. The number of carbonyl (C=O) groups is 2. The predicted molar refractivity (Wildman–Crippen MR) is 63.1 cm³/mol. The highest BCUT2D eigenvalue weighted by atomic mass is 16.3. The van der Waals surface area contributed by atoms with Gasteiger partial charge in [0, 0.05) is 13.1 Å². The molecule has 0 radical (unpaired) electrons. The second kappa shape index (κ2) is 6.65. The average Bonchev–Trinajstić information content (AvgIpc) is 2.33. The third kappa shape index (κ3) is 4.65. The van der Waals surface area contributed by atoms with Crippen LogP contribution in [0.4, 0.5) is 0 Å². The summed E-state index contributed by atoms with van der Waals surface area (Å²) in [6.45, 7) is 2.17. The number of hydrogen-bond acceptors (Lipinski definition) is 3. The normalized spacial score (nSPS) is 9.76. The number of aryl methyl sites for hydroxylation is 1. The smallest absolute Gasteiger partial charge is 0.309 e. The van der Waals surface area contributed by atoms with Crippen molar-refractivity contribution in [1.29, 1.82) is 0 Å². The summed E-state index contributed by atoms with van der Waals surface area (Å²) in [5.41, 5.74) is 2.04. The molecule has 5 nitrogen and oxygen atoms in total. The van der Waals surface area contributed by atoms with Gasteiger partial charge < -0.3 is 15.7 Å². The van der Waals surface area contributed by atoms with Gasteiger partial charge in [-0.15, -0.1) is 0 Å². The summed E-state index contributed by atoms with van der Waals surface area (Å²) in [7, 11) is 0. The third-order valence-electron chi connectivity index (χ3n) is 2.14. The van der Waals surface area contributed by atoms with Gasteiger partial charge >= 0.3 is 11.8 Å². The molecule has 17 heavy (non-hydrogen) atoms. The molecule has 0 saturated heterocycles. The van der Waals surface area contributed by atoms with Crippen LogP contribution in [0.5, 0.6) is 0 Å². The Hall–Kier alpha value is -1.88. The lowest BCUT2D eigenvalue weighted by molar-refractivity contribution is -0.139. The number of benzene rings is 1. The van der Waals surface area contributed by atoms with Crippen molar-refractivity contribution < 1.29 is 14.7 Å². The number of rotatable bonds is 4. The fourth-order valence-electron chi connectivity index (χ4n) is 1.33. The van der Waals surface area contributed by atoms with Crippen molar-refractivity contribution in [3.63, 3.8) is 0 Å². The first-order chi connectivity index (χ1) is 8.13. The van der Waals surface area contributed by atoms with Gasteiger partial charge in [-0.1, -0.05) is 29.8 Å². The second-order valence-corrected chi connectivity index (χ2v) is 3.65. The fraction of sp³-hybridized carbons (Fsp3) is 0.333. The number of nitrogens with one attached hydrogen (secondary N) is 2. The van der Waals surface area contributed by atoms with Crippen LogP contribution in [0.2, 0.25) is 0 Å². The van der Waals surface area contributed by atoms with Crippen molar-refractivity contribution in [3.8, 4) is 0 Å². The summed E-state index contributed by atoms with van der Waals surface area (Å²) >= 11 is 0. The van der Waals surface area contributed by atoms with E-state index in [4.69, 9.17) is 5.11 Å². The van der Waals surface area contributed by atoms with Crippen LogP contribution < -0.4 is 10.6 Å². The van der Waals surface area contributed by atoms with Crippen LogP contribution in [0.3, 0.4) is 0 Å². The zero-order valence-electron chi connectivity index (χ0n) is 9.69. The van der Waals surface area contributed by atoms with Gasteiger partial charge in [0.1, 0.15) is 0 Å². The molecule has 1 aromatic carbocycles. The van der Waals surface area contributed by atoms with E-state index >= 15 is 0 Å². The molecular formula is C12H16N2O3. The van der Waals surface area contributed by atoms with Gasteiger partial charge in [0.25, 0.3) is 0 Å². The molecule has 92 valence electrons. The van der Waals surface area contributed by atoms with Crippen LogP contribution in [0.15, 0.2) is 24.3 Å². The van der Waals surface area contributed by atoms with E-state index in [1.165, 1.54) is 0 Å². The number of aliphatic hydroxyl groups is 1. The van der Waals surface area contributed by atoms with Crippen molar-refractivity contribution in [3.05, 3.63) is 35.4 Å². The van der Waals surface area contributed by atoms with Crippen LogP contribution in [-0.2, 0) is 16.1 Å². The van der Waals surface area contributed by atoms with E-state index in [1.807, 2.05) is 31.2 Å². The second-order valence-electron chi connectivity index (χ2n) is 3.65. The predicted octanol–water partition coefficient (Wildman–Crippen LogP) is -0.280. The van der Waals surface area contributed by atoms with E-state index in [1.54, 1.807) is 0 Å². The van der Waals surface area contributed by atoms with Crippen LogP contribution in [0, 0.1) is 6.92 Å². The molecule has 0 spiro atoms. The van der Waals surface area contributed by atoms with Crippen LogP contribution >= 0.6 is 0 Å². The van der Waals surface area contributed by atoms with Gasteiger partial charge in [-0.2, -0.15) is 0 Å². The van der Waals surface area contributed by atoms with Gasteiger partial charge in [0.05, 0.1) is 6.61 Å². The van der Waals surface area contributed by atoms with Gasteiger partial charge in [-0.05, 0) is 12.5 Å². The van der Waals surface area contributed by atoms with Crippen molar-refractivity contribution in [1.82, 2.24) is 10.6 Å². The lowest BCUT2D eigenvalue weighted by atomic mass is 10.1. The molecule has 0 aliphatic heterocycles. The highest BCUT2D eigenvalue weighted by molar-refractivity contribution is 6.35. The van der Waals surface area contributed by atoms with Crippen LogP contribution in [0.1, 0.15) is 11.1 Å². The van der Waals surface area contributed by atoms with Gasteiger partial charge in [-0.3, -0.25) is 9.59 Å². The first-order valence-electron chi connectivity index (χ1n) is 5.36. The summed E-state index contributed by atoms with van der Waals surface area (Å²) in [5, 5.41) is 13.3. The maximum absolute atomic E-state index is 11.3. The summed E-state index contributed by atoms with van der Waals surface area (Å²) in [4.78, 5) is 22.5. The van der Waals surface area contributed by atoms with Crippen LogP contribution in [0.25, 0.3) is 0 Å². The molecule has 0 aromatic heterocycles. The van der Waals surface area contributed by atoms with Gasteiger partial charge in [-0.25, -0.2) is 0 Å². The Morgan fingerprint density at radius 3 is 2.59 bits per heavy atom.